The van der Waals surface area contributed by atoms with Crippen molar-refractivity contribution in [1.82, 2.24) is 0 Å². The summed E-state index contributed by atoms with van der Waals surface area (Å²) in [6, 6.07) is 8.99. The summed E-state index contributed by atoms with van der Waals surface area (Å²) in [4.78, 5) is 11.6. The van der Waals surface area contributed by atoms with Gasteiger partial charge in [-0.15, -0.1) is 0 Å². The summed E-state index contributed by atoms with van der Waals surface area (Å²) in [5, 5.41) is 2.75. The number of sulfonamides is 1. The zero-order valence-corrected chi connectivity index (χ0v) is 14.3. The quantitative estimate of drug-likeness (QED) is 0.896. The molecule has 130 valence electrons. The van der Waals surface area contributed by atoms with Crippen molar-refractivity contribution >= 4 is 27.3 Å². The van der Waals surface area contributed by atoms with Gasteiger partial charge in [0, 0.05) is 18.7 Å². The molecule has 0 aliphatic carbocycles. The molecular weight excluding hydrogens is 343 g/mol. The van der Waals surface area contributed by atoms with Gasteiger partial charge in [-0.25, -0.2) is 12.8 Å². The highest BCUT2D eigenvalue weighted by Crippen LogP contribution is 2.34. The predicted octanol–water partition coefficient (Wildman–Crippen LogP) is 2.85. The number of nitrogens with zero attached hydrogens (tertiary/aromatic N) is 1. The molecule has 1 amide bonds. The molecule has 0 unspecified atom stereocenters. The average Bonchev–Trinajstić information content (AvgIpc) is 2.60. The lowest BCUT2D eigenvalue weighted by Crippen LogP contribution is -2.35. The van der Waals surface area contributed by atoms with Gasteiger partial charge in [0.1, 0.15) is 5.82 Å². The zero-order chi connectivity index (χ0) is 17.6. The zero-order valence-electron chi connectivity index (χ0n) is 13.5. The third-order valence-electron chi connectivity index (χ3n) is 4.68. The maximum atomic E-state index is 13.5. The van der Waals surface area contributed by atoms with E-state index < -0.39 is 10.0 Å². The molecule has 2 aliphatic rings. The van der Waals surface area contributed by atoms with E-state index in [2.05, 4.69) is 5.32 Å². The van der Waals surface area contributed by atoms with Crippen LogP contribution in [0.25, 0.3) is 0 Å². The first-order valence-electron chi connectivity index (χ1n) is 8.19. The van der Waals surface area contributed by atoms with Crippen LogP contribution in [0.4, 0.5) is 15.8 Å². The number of carbonyl (C=O) groups excluding carboxylic acids is 1. The Kier molecular flexibility index (Phi) is 3.76. The number of anilines is 2. The van der Waals surface area contributed by atoms with Gasteiger partial charge < -0.3 is 5.32 Å². The second-order valence-electron chi connectivity index (χ2n) is 6.32. The second-order valence-corrected chi connectivity index (χ2v) is 8.18. The second kappa shape index (κ2) is 5.84. The van der Waals surface area contributed by atoms with Crippen molar-refractivity contribution in [3.05, 3.63) is 53.3 Å². The van der Waals surface area contributed by atoms with Crippen LogP contribution in [0.2, 0.25) is 0 Å². The normalized spacial score (nSPS) is 16.8. The highest BCUT2D eigenvalue weighted by molar-refractivity contribution is 7.92. The summed E-state index contributed by atoms with van der Waals surface area (Å²) in [7, 11) is -3.74. The van der Waals surface area contributed by atoms with Crippen LogP contribution in [0.15, 0.2) is 41.3 Å². The molecule has 0 radical (unpaired) electrons. The van der Waals surface area contributed by atoms with Gasteiger partial charge in [0.05, 0.1) is 10.6 Å². The van der Waals surface area contributed by atoms with Crippen molar-refractivity contribution < 1.29 is 17.6 Å². The van der Waals surface area contributed by atoms with E-state index in [1.54, 1.807) is 12.1 Å². The number of halogens is 1. The number of hydrogen-bond donors (Lipinski definition) is 1. The van der Waals surface area contributed by atoms with Crippen LogP contribution in [0, 0.1) is 5.82 Å². The Hall–Kier alpha value is -2.41. The number of carbonyl (C=O) groups is 1. The molecule has 4 rings (SSSR count). The highest BCUT2D eigenvalue weighted by Gasteiger charge is 2.30. The van der Waals surface area contributed by atoms with E-state index in [0.29, 0.717) is 49.2 Å². The van der Waals surface area contributed by atoms with Gasteiger partial charge in [-0.2, -0.15) is 0 Å². The van der Waals surface area contributed by atoms with Crippen molar-refractivity contribution in [2.24, 2.45) is 0 Å². The van der Waals surface area contributed by atoms with Gasteiger partial charge in [-0.1, -0.05) is 0 Å². The van der Waals surface area contributed by atoms with E-state index in [0.717, 1.165) is 5.56 Å². The first kappa shape index (κ1) is 16.1. The van der Waals surface area contributed by atoms with Crippen molar-refractivity contribution in [2.75, 3.05) is 16.2 Å². The topological polar surface area (TPSA) is 66.5 Å². The lowest BCUT2D eigenvalue weighted by atomic mass is 10.0. The van der Waals surface area contributed by atoms with E-state index in [1.165, 1.54) is 28.6 Å². The van der Waals surface area contributed by atoms with E-state index in [4.69, 9.17) is 0 Å². The Balaban J connectivity index is 1.75. The summed E-state index contributed by atoms with van der Waals surface area (Å²) < 4.78 is 41.1. The van der Waals surface area contributed by atoms with Crippen LogP contribution in [0.3, 0.4) is 0 Å². The van der Waals surface area contributed by atoms with Gasteiger partial charge in [0.2, 0.25) is 5.91 Å². The fourth-order valence-electron chi connectivity index (χ4n) is 3.43. The van der Waals surface area contributed by atoms with Crippen LogP contribution in [-0.2, 0) is 27.7 Å². The number of aryl methyl sites for hydroxylation is 2. The van der Waals surface area contributed by atoms with Gasteiger partial charge >= 0.3 is 0 Å². The first-order chi connectivity index (χ1) is 11.9. The molecule has 0 fully saturated rings. The van der Waals surface area contributed by atoms with Crippen LogP contribution < -0.4 is 9.62 Å². The first-order valence-corrected chi connectivity index (χ1v) is 9.63. The maximum absolute atomic E-state index is 13.5. The van der Waals surface area contributed by atoms with E-state index >= 15 is 0 Å². The lowest BCUT2D eigenvalue weighted by Gasteiger charge is -2.31. The third-order valence-corrected chi connectivity index (χ3v) is 6.49. The molecule has 0 atom stereocenters. The Morgan fingerprint density at radius 2 is 1.84 bits per heavy atom. The molecule has 1 N–H and O–H groups in total. The van der Waals surface area contributed by atoms with Crippen LogP contribution in [0.5, 0.6) is 0 Å². The third kappa shape index (κ3) is 2.78. The predicted molar refractivity (Wildman–Crippen MR) is 92.6 cm³/mol. The molecule has 0 bridgehead atoms. The lowest BCUT2D eigenvalue weighted by molar-refractivity contribution is -0.116. The molecule has 0 saturated carbocycles. The molecule has 7 heteroatoms. The van der Waals surface area contributed by atoms with Gasteiger partial charge in [-0.3, -0.25) is 9.10 Å². The van der Waals surface area contributed by atoms with E-state index in [-0.39, 0.29) is 16.6 Å². The van der Waals surface area contributed by atoms with Crippen LogP contribution in [0.1, 0.15) is 24.0 Å². The number of amides is 1. The molecule has 0 saturated heterocycles. The standard InChI is InChI=1S/C18H17FN2O3S/c19-14-4-7-17-13(10-14)2-1-9-21(17)25(23,24)15-5-6-16-12(11-15)3-8-18(22)20-16/h4-7,10-11H,1-3,8-9H2,(H,20,22). The fraction of sp³-hybridized carbons (Fsp3) is 0.278. The minimum atomic E-state index is -3.74. The SMILES string of the molecule is O=C1CCc2cc(S(=O)(=O)N3CCCc4cc(F)ccc43)ccc2N1. The summed E-state index contributed by atoms with van der Waals surface area (Å²) in [6.07, 6.45) is 2.18. The van der Waals surface area contributed by atoms with Crippen molar-refractivity contribution in [2.45, 2.75) is 30.6 Å². The molecular formula is C18H17FN2O3S. The van der Waals surface area contributed by atoms with E-state index in [1.807, 2.05) is 0 Å². The minimum absolute atomic E-state index is 0.0601. The molecule has 5 nitrogen and oxygen atoms in total. The molecule has 0 spiro atoms. The fourth-order valence-corrected chi connectivity index (χ4v) is 5.02. The molecule has 2 aromatic carbocycles. The largest absolute Gasteiger partial charge is 0.326 e. The van der Waals surface area contributed by atoms with Crippen LogP contribution in [-0.4, -0.2) is 20.9 Å². The van der Waals surface area contributed by atoms with E-state index in [9.17, 15) is 17.6 Å². The number of fused-ring (bicyclic) bond motifs is 2. The monoisotopic (exact) mass is 360 g/mol. The molecule has 2 heterocycles. The summed E-state index contributed by atoms with van der Waals surface area (Å²) in [5.41, 5.74) is 2.73. The minimum Gasteiger partial charge on any atom is -0.326 e. The average molecular weight is 360 g/mol. The number of hydrogen-bond acceptors (Lipinski definition) is 3. The van der Waals surface area contributed by atoms with Gasteiger partial charge in [0.15, 0.2) is 0 Å². The van der Waals surface area contributed by atoms with Gasteiger partial charge in [0.25, 0.3) is 10.0 Å². The summed E-state index contributed by atoms with van der Waals surface area (Å²) >= 11 is 0. The van der Waals surface area contributed by atoms with Gasteiger partial charge in [-0.05, 0) is 66.8 Å². The summed E-state index contributed by atoms with van der Waals surface area (Å²) in [5.74, 6) is -0.419. The van der Waals surface area contributed by atoms with Crippen molar-refractivity contribution in [1.29, 1.82) is 0 Å². The Morgan fingerprint density at radius 1 is 1.00 bits per heavy atom. The van der Waals surface area contributed by atoms with Crippen molar-refractivity contribution in [3.63, 3.8) is 0 Å². The van der Waals surface area contributed by atoms with Crippen molar-refractivity contribution in [3.8, 4) is 0 Å². The molecule has 0 aromatic heterocycles. The van der Waals surface area contributed by atoms with Crippen LogP contribution >= 0.6 is 0 Å². The smallest absolute Gasteiger partial charge is 0.264 e. The molecule has 25 heavy (non-hydrogen) atoms. The number of rotatable bonds is 2. The Morgan fingerprint density at radius 3 is 2.68 bits per heavy atom. The summed E-state index contributed by atoms with van der Waals surface area (Å²) in [6.45, 7) is 0.370. The molecule has 2 aromatic rings. The Bertz CT molecular complexity index is 972. The highest BCUT2D eigenvalue weighted by atomic mass is 32.2. The number of benzene rings is 2. The maximum Gasteiger partial charge on any atom is 0.264 e. The Labute approximate surface area is 145 Å². The number of nitrogens with one attached hydrogen (secondary N) is 1. The molecule has 2 aliphatic heterocycles.